The first-order valence-electron chi connectivity index (χ1n) is 7.30. The highest BCUT2D eigenvalue weighted by Crippen LogP contribution is 2.21. The average Bonchev–Trinajstić information content (AvgIpc) is 3.10. The van der Waals surface area contributed by atoms with E-state index in [0.717, 1.165) is 21.6 Å². The molecule has 1 atom stereocenters. The Morgan fingerprint density at radius 3 is 2.91 bits per heavy atom. The third kappa shape index (κ3) is 2.71. The van der Waals surface area contributed by atoms with Gasteiger partial charge in [-0.15, -0.1) is 11.3 Å². The minimum atomic E-state index is -0.00386. The smallest absolute Gasteiger partial charge is 0.275 e. The van der Waals surface area contributed by atoms with Gasteiger partial charge in [-0.25, -0.2) is 4.98 Å². The van der Waals surface area contributed by atoms with Crippen LogP contribution in [0.2, 0.25) is 0 Å². The zero-order chi connectivity index (χ0) is 15.7. The molecule has 0 amide bonds. The zero-order valence-electron chi connectivity index (χ0n) is 12.9. The van der Waals surface area contributed by atoms with E-state index >= 15 is 0 Å². The molecule has 0 radical (unpaired) electrons. The number of nitrogens with zero attached hydrogens (tertiary/aromatic N) is 3. The van der Waals surface area contributed by atoms with Crippen LogP contribution in [0.3, 0.4) is 0 Å². The molecule has 3 heterocycles. The molecule has 5 nitrogen and oxygen atoms in total. The van der Waals surface area contributed by atoms with Crippen molar-refractivity contribution in [3.05, 3.63) is 51.0 Å². The number of rotatable bonds is 5. The molecule has 0 aliphatic heterocycles. The summed E-state index contributed by atoms with van der Waals surface area (Å²) in [5, 5.41) is 3.91. The van der Waals surface area contributed by atoms with E-state index in [1.54, 1.807) is 15.9 Å². The fourth-order valence-corrected chi connectivity index (χ4v) is 3.35. The number of hydrogen-bond acceptors (Lipinski definition) is 4. The van der Waals surface area contributed by atoms with Crippen molar-refractivity contribution < 1.29 is 4.74 Å². The molecular weight excluding hydrogens is 298 g/mol. The van der Waals surface area contributed by atoms with E-state index < -0.39 is 0 Å². The minimum absolute atomic E-state index is 0.00386. The topological polar surface area (TPSA) is 49.0 Å². The lowest BCUT2D eigenvalue weighted by Gasteiger charge is -2.07. The summed E-state index contributed by atoms with van der Waals surface area (Å²) in [4.78, 5) is 17.1. The van der Waals surface area contributed by atoms with E-state index in [1.165, 1.54) is 0 Å². The van der Waals surface area contributed by atoms with Crippen LogP contribution in [0.4, 0.5) is 0 Å². The van der Waals surface area contributed by atoms with Crippen LogP contribution in [-0.4, -0.2) is 20.7 Å². The summed E-state index contributed by atoms with van der Waals surface area (Å²) >= 11 is 1.57. The molecule has 0 saturated heterocycles. The third-order valence-electron chi connectivity index (χ3n) is 3.67. The van der Waals surface area contributed by atoms with Crippen LogP contribution in [0.15, 0.2) is 34.7 Å². The highest BCUT2D eigenvalue weighted by molar-refractivity contribution is 7.09. The molecule has 3 rings (SSSR count). The van der Waals surface area contributed by atoms with Gasteiger partial charge in [-0.2, -0.15) is 0 Å². The minimum Gasteiger partial charge on any atom is -0.372 e. The number of aryl methyl sites for hydroxylation is 1. The van der Waals surface area contributed by atoms with Crippen LogP contribution < -0.4 is 5.56 Å². The fourth-order valence-electron chi connectivity index (χ4n) is 2.53. The second kappa shape index (κ2) is 6.06. The summed E-state index contributed by atoms with van der Waals surface area (Å²) in [7, 11) is 1.89. The molecule has 22 heavy (non-hydrogen) atoms. The Kier molecular flexibility index (Phi) is 4.13. The van der Waals surface area contributed by atoms with E-state index in [4.69, 9.17) is 4.74 Å². The first-order valence-corrected chi connectivity index (χ1v) is 8.18. The van der Waals surface area contributed by atoms with E-state index in [9.17, 15) is 4.79 Å². The summed E-state index contributed by atoms with van der Waals surface area (Å²) in [5.74, 6) is 0. The van der Waals surface area contributed by atoms with Gasteiger partial charge in [0.1, 0.15) is 16.6 Å². The molecule has 0 aliphatic carbocycles. The summed E-state index contributed by atoms with van der Waals surface area (Å²) in [5.41, 5.74) is 1.63. The summed E-state index contributed by atoms with van der Waals surface area (Å²) in [6.45, 7) is 5.11. The predicted molar refractivity (Wildman–Crippen MR) is 88.4 cm³/mol. The lowest BCUT2D eigenvalue weighted by atomic mass is 10.3. The first kappa shape index (κ1) is 15.0. The second-order valence-electron chi connectivity index (χ2n) is 5.25. The molecule has 0 fully saturated rings. The van der Waals surface area contributed by atoms with E-state index in [-0.39, 0.29) is 11.7 Å². The van der Waals surface area contributed by atoms with Crippen molar-refractivity contribution in [2.24, 2.45) is 7.05 Å². The van der Waals surface area contributed by atoms with Gasteiger partial charge in [0, 0.05) is 36.8 Å². The molecule has 1 unspecified atom stereocenters. The van der Waals surface area contributed by atoms with Gasteiger partial charge in [-0.3, -0.25) is 4.79 Å². The largest absolute Gasteiger partial charge is 0.372 e. The summed E-state index contributed by atoms with van der Waals surface area (Å²) < 4.78 is 9.11. The van der Waals surface area contributed by atoms with Crippen molar-refractivity contribution in [2.45, 2.75) is 26.5 Å². The molecule has 0 aromatic carbocycles. The van der Waals surface area contributed by atoms with E-state index in [0.29, 0.717) is 13.2 Å². The molecule has 6 heteroatoms. The van der Waals surface area contributed by atoms with Gasteiger partial charge < -0.3 is 13.9 Å². The van der Waals surface area contributed by atoms with Gasteiger partial charge in [0.25, 0.3) is 5.56 Å². The number of pyridine rings is 1. The quantitative estimate of drug-likeness (QED) is 0.727. The molecule has 0 aliphatic rings. The van der Waals surface area contributed by atoms with Gasteiger partial charge in [-0.1, -0.05) is 0 Å². The molecule has 3 aromatic rings. The Bertz CT molecular complexity index is 847. The Labute approximate surface area is 132 Å². The highest BCUT2D eigenvalue weighted by Gasteiger charge is 2.12. The van der Waals surface area contributed by atoms with Gasteiger partial charge in [0.2, 0.25) is 0 Å². The van der Waals surface area contributed by atoms with Gasteiger partial charge >= 0.3 is 0 Å². The normalized spacial score (nSPS) is 12.9. The molecular formula is C16H19N3O2S. The van der Waals surface area contributed by atoms with Crippen molar-refractivity contribution in [1.29, 1.82) is 0 Å². The molecule has 0 N–H and O–H groups in total. The van der Waals surface area contributed by atoms with Crippen molar-refractivity contribution in [2.75, 3.05) is 6.61 Å². The Morgan fingerprint density at radius 1 is 1.36 bits per heavy atom. The molecule has 116 valence electrons. The maximum Gasteiger partial charge on any atom is 0.275 e. The van der Waals surface area contributed by atoms with Crippen LogP contribution in [0, 0.1) is 0 Å². The Balaban J connectivity index is 1.89. The average molecular weight is 317 g/mol. The number of thiazole rings is 1. The number of hydrogen-bond donors (Lipinski definition) is 0. The zero-order valence-corrected chi connectivity index (χ0v) is 13.8. The molecule has 3 aromatic heterocycles. The van der Waals surface area contributed by atoms with Crippen LogP contribution in [-0.2, 0) is 18.3 Å². The summed E-state index contributed by atoms with van der Waals surface area (Å²) in [6.07, 6.45) is 3.73. The Hall–Kier alpha value is -1.92. The van der Waals surface area contributed by atoms with Crippen LogP contribution >= 0.6 is 11.3 Å². The van der Waals surface area contributed by atoms with Crippen LogP contribution in [0.25, 0.3) is 10.9 Å². The monoisotopic (exact) mass is 317 g/mol. The first-order chi connectivity index (χ1) is 10.6. The van der Waals surface area contributed by atoms with E-state index in [2.05, 4.69) is 4.98 Å². The lowest BCUT2D eigenvalue weighted by Crippen LogP contribution is -2.21. The fraction of sp³-hybridized carbons (Fsp3) is 0.375. The SMILES string of the molecule is CCOC(C)c1nc(Cn2ccc3ccn(C)c3c2=O)cs1. The molecule has 0 spiro atoms. The second-order valence-corrected chi connectivity index (χ2v) is 6.14. The highest BCUT2D eigenvalue weighted by atomic mass is 32.1. The van der Waals surface area contributed by atoms with Crippen molar-refractivity contribution in [1.82, 2.24) is 14.1 Å². The number of ether oxygens (including phenoxy) is 1. The van der Waals surface area contributed by atoms with Gasteiger partial charge in [0.05, 0.1) is 12.2 Å². The summed E-state index contributed by atoms with van der Waals surface area (Å²) in [6, 6.07) is 3.92. The van der Waals surface area contributed by atoms with Crippen LogP contribution in [0.1, 0.15) is 30.7 Å². The molecule has 0 saturated carbocycles. The van der Waals surface area contributed by atoms with Crippen molar-refractivity contribution in [3.8, 4) is 0 Å². The maximum atomic E-state index is 12.6. The van der Waals surface area contributed by atoms with Crippen molar-refractivity contribution >= 4 is 22.2 Å². The number of aromatic nitrogens is 3. The van der Waals surface area contributed by atoms with E-state index in [1.807, 2.05) is 55.4 Å². The van der Waals surface area contributed by atoms with Gasteiger partial charge in [0.15, 0.2) is 0 Å². The molecule has 0 bridgehead atoms. The third-order valence-corrected chi connectivity index (χ3v) is 4.72. The number of fused-ring (bicyclic) bond motifs is 1. The Morgan fingerprint density at radius 2 is 2.14 bits per heavy atom. The lowest BCUT2D eigenvalue weighted by molar-refractivity contribution is 0.0761. The van der Waals surface area contributed by atoms with Gasteiger partial charge in [-0.05, 0) is 26.0 Å². The van der Waals surface area contributed by atoms with Crippen molar-refractivity contribution in [3.63, 3.8) is 0 Å². The maximum absolute atomic E-state index is 12.6. The standard InChI is InChI=1S/C16H19N3O2S/c1-4-21-11(2)15-17-13(10-22-15)9-19-8-6-12-5-7-18(3)14(12)16(19)20/h5-8,10-11H,4,9H2,1-3H3. The van der Waals surface area contributed by atoms with Crippen LogP contribution in [0.5, 0.6) is 0 Å². The predicted octanol–water partition coefficient (Wildman–Crippen LogP) is 2.94.